The third kappa shape index (κ3) is 3.83. The van der Waals surface area contributed by atoms with Gasteiger partial charge in [-0.1, -0.05) is 13.3 Å². The Balaban J connectivity index is 1.94. The summed E-state index contributed by atoms with van der Waals surface area (Å²) in [5.74, 6) is -0.425. The van der Waals surface area contributed by atoms with E-state index in [0.717, 1.165) is 32.2 Å². The van der Waals surface area contributed by atoms with Gasteiger partial charge in [0.1, 0.15) is 6.04 Å². The van der Waals surface area contributed by atoms with Crippen LogP contribution in [0.3, 0.4) is 0 Å². The fourth-order valence-corrected chi connectivity index (χ4v) is 4.54. The highest BCUT2D eigenvalue weighted by atomic mass is 32.2. The second kappa shape index (κ2) is 7.35. The smallest absolute Gasteiger partial charge is 0.327 e. The van der Waals surface area contributed by atoms with Gasteiger partial charge in [0.2, 0.25) is 0 Å². The topological polar surface area (TPSA) is 72.9 Å². The fraction of sp³-hybridized carbons (Fsp3) is 0.857. The van der Waals surface area contributed by atoms with Gasteiger partial charge in [-0.3, -0.25) is 4.90 Å². The number of likely N-dealkylation sites (N-methyl/N-ethyl adjacent to an activating group) is 1. The van der Waals surface area contributed by atoms with Gasteiger partial charge in [0.25, 0.3) is 0 Å². The van der Waals surface area contributed by atoms with E-state index in [-0.39, 0.29) is 11.4 Å². The number of hydrogen-bond acceptors (Lipinski definition) is 4. The minimum Gasteiger partial charge on any atom is -0.480 e. The number of carbonyl (C=O) groups is 2. The molecule has 7 heteroatoms. The van der Waals surface area contributed by atoms with Crippen LogP contribution in [0.4, 0.5) is 4.79 Å². The van der Waals surface area contributed by atoms with Crippen molar-refractivity contribution in [3.8, 4) is 0 Å². The van der Waals surface area contributed by atoms with Crippen molar-refractivity contribution in [3.63, 3.8) is 0 Å². The molecule has 0 saturated carbocycles. The highest BCUT2D eigenvalue weighted by Crippen LogP contribution is 2.32. The summed E-state index contributed by atoms with van der Waals surface area (Å²) in [7, 11) is 2.06. The number of likely N-dealkylation sites (tertiary alicyclic amines) is 1. The molecule has 2 rings (SSSR count). The predicted molar refractivity (Wildman–Crippen MR) is 83.5 cm³/mol. The van der Waals surface area contributed by atoms with Crippen LogP contribution >= 0.6 is 11.8 Å². The molecule has 2 aliphatic rings. The number of aliphatic carboxylic acids is 1. The van der Waals surface area contributed by atoms with Crippen molar-refractivity contribution in [2.24, 2.45) is 0 Å². The maximum atomic E-state index is 12.4. The molecule has 3 atom stereocenters. The van der Waals surface area contributed by atoms with Gasteiger partial charge in [-0.15, -0.1) is 11.8 Å². The molecule has 2 N–H and O–H groups in total. The van der Waals surface area contributed by atoms with E-state index in [1.54, 1.807) is 11.8 Å². The normalized spacial score (nSPS) is 29.8. The van der Waals surface area contributed by atoms with Gasteiger partial charge in [-0.25, -0.2) is 9.59 Å². The van der Waals surface area contributed by atoms with E-state index >= 15 is 0 Å². The van der Waals surface area contributed by atoms with E-state index in [0.29, 0.717) is 18.3 Å². The lowest BCUT2D eigenvalue weighted by molar-refractivity contribution is -0.141. The molecule has 0 aromatic carbocycles. The minimum absolute atomic E-state index is 0.0163. The highest BCUT2D eigenvalue weighted by molar-refractivity contribution is 8.00. The van der Waals surface area contributed by atoms with Crippen molar-refractivity contribution in [2.45, 2.75) is 50.1 Å². The number of amides is 2. The van der Waals surface area contributed by atoms with Gasteiger partial charge >= 0.3 is 12.0 Å². The number of thioether (sulfide) groups is 1. The number of urea groups is 1. The number of nitrogens with one attached hydrogen (secondary N) is 1. The Morgan fingerprint density at radius 1 is 1.43 bits per heavy atom. The van der Waals surface area contributed by atoms with Crippen LogP contribution < -0.4 is 5.32 Å². The van der Waals surface area contributed by atoms with Crippen LogP contribution in [0, 0.1) is 0 Å². The second-order valence-electron chi connectivity index (χ2n) is 5.80. The van der Waals surface area contributed by atoms with Gasteiger partial charge in [-0.05, 0) is 32.9 Å². The van der Waals surface area contributed by atoms with Gasteiger partial charge in [0.15, 0.2) is 0 Å². The summed E-state index contributed by atoms with van der Waals surface area (Å²) < 4.78 is 0. The second-order valence-corrected chi connectivity index (χ2v) is 7.01. The summed E-state index contributed by atoms with van der Waals surface area (Å²) in [4.78, 5) is 27.5. The molecule has 0 bridgehead atoms. The lowest BCUT2D eigenvalue weighted by Crippen LogP contribution is -2.52. The first-order chi connectivity index (χ1) is 10.0. The molecule has 6 nitrogen and oxygen atoms in total. The quantitative estimate of drug-likeness (QED) is 0.803. The zero-order valence-electron chi connectivity index (χ0n) is 12.7. The molecule has 2 fully saturated rings. The van der Waals surface area contributed by atoms with Crippen LogP contribution in [-0.4, -0.2) is 70.3 Å². The Kier molecular flexibility index (Phi) is 5.75. The average Bonchev–Trinajstić information content (AvgIpc) is 3.03. The Morgan fingerprint density at radius 2 is 2.19 bits per heavy atom. The first kappa shape index (κ1) is 16.4. The zero-order valence-corrected chi connectivity index (χ0v) is 13.6. The van der Waals surface area contributed by atoms with Crippen LogP contribution in [0.15, 0.2) is 0 Å². The molecule has 0 aromatic heterocycles. The Bertz CT molecular complexity index is 394. The van der Waals surface area contributed by atoms with Crippen LogP contribution in [0.1, 0.15) is 32.6 Å². The predicted octanol–water partition coefficient (Wildman–Crippen LogP) is 1.42. The monoisotopic (exact) mass is 315 g/mol. The highest BCUT2D eigenvalue weighted by Gasteiger charge is 2.41. The Hall–Kier alpha value is -0.950. The number of rotatable bonds is 5. The summed E-state index contributed by atoms with van der Waals surface area (Å²) in [6.45, 7) is 3.72. The van der Waals surface area contributed by atoms with E-state index in [4.69, 9.17) is 0 Å². The molecule has 0 radical (unpaired) electrons. The van der Waals surface area contributed by atoms with E-state index in [9.17, 15) is 14.7 Å². The molecule has 2 aliphatic heterocycles. The van der Waals surface area contributed by atoms with Gasteiger partial charge < -0.3 is 15.3 Å². The molecule has 120 valence electrons. The summed E-state index contributed by atoms with van der Waals surface area (Å²) >= 11 is 1.57. The number of carboxylic acids is 1. The minimum atomic E-state index is -0.908. The Labute approximate surface area is 130 Å². The Morgan fingerprint density at radius 3 is 2.76 bits per heavy atom. The number of carbonyl (C=O) groups excluding carboxylic acids is 1. The summed E-state index contributed by atoms with van der Waals surface area (Å²) in [5.41, 5.74) is 0. The number of nitrogens with zero attached hydrogens (tertiary/aromatic N) is 2. The summed E-state index contributed by atoms with van der Waals surface area (Å²) in [6, 6.07) is -0.559. The van der Waals surface area contributed by atoms with Gasteiger partial charge in [0.05, 0.1) is 5.37 Å². The van der Waals surface area contributed by atoms with Crippen LogP contribution in [0.5, 0.6) is 0 Å². The van der Waals surface area contributed by atoms with Gasteiger partial charge in [0, 0.05) is 18.3 Å². The van der Waals surface area contributed by atoms with Crippen molar-refractivity contribution in [1.29, 1.82) is 0 Å². The first-order valence-corrected chi connectivity index (χ1v) is 8.70. The largest absolute Gasteiger partial charge is 0.480 e. The van der Waals surface area contributed by atoms with Crippen LogP contribution in [0.2, 0.25) is 0 Å². The number of hydrogen-bond donors (Lipinski definition) is 2. The molecule has 0 spiro atoms. The lowest BCUT2D eigenvalue weighted by atomic mass is 10.2. The van der Waals surface area contributed by atoms with Gasteiger partial charge in [-0.2, -0.15) is 0 Å². The molecule has 0 aliphatic carbocycles. The maximum Gasteiger partial charge on any atom is 0.327 e. The third-order valence-electron chi connectivity index (χ3n) is 4.31. The summed E-state index contributed by atoms with van der Waals surface area (Å²) in [5, 5.41) is 12.2. The average molecular weight is 315 g/mol. The fourth-order valence-electron chi connectivity index (χ4n) is 3.03. The van der Waals surface area contributed by atoms with Crippen molar-refractivity contribution >= 4 is 23.8 Å². The molecular weight excluding hydrogens is 290 g/mol. The lowest BCUT2D eigenvalue weighted by Gasteiger charge is -2.28. The van der Waals surface area contributed by atoms with E-state index in [1.807, 2.05) is 0 Å². The summed E-state index contributed by atoms with van der Waals surface area (Å²) in [6.07, 6.45) is 4.03. The molecular formula is C14H25N3O3S. The maximum absolute atomic E-state index is 12.4. The number of carboxylic acid groups (broad SMARTS) is 1. The van der Waals surface area contributed by atoms with Crippen molar-refractivity contribution in [2.75, 3.05) is 25.9 Å². The molecule has 3 unspecified atom stereocenters. The van der Waals surface area contributed by atoms with E-state index < -0.39 is 12.0 Å². The molecule has 2 heterocycles. The van der Waals surface area contributed by atoms with Crippen molar-refractivity contribution < 1.29 is 14.7 Å². The zero-order chi connectivity index (χ0) is 15.4. The molecule has 2 saturated heterocycles. The third-order valence-corrected chi connectivity index (χ3v) is 5.66. The SMILES string of the molecule is CCCC1SCC(C(=O)O)N1C(=O)NCC1CCCN1C. The van der Waals surface area contributed by atoms with Crippen molar-refractivity contribution in [3.05, 3.63) is 0 Å². The molecule has 0 aromatic rings. The van der Waals surface area contributed by atoms with Crippen LogP contribution in [-0.2, 0) is 4.79 Å². The van der Waals surface area contributed by atoms with E-state index in [2.05, 4.69) is 24.2 Å². The van der Waals surface area contributed by atoms with Crippen LogP contribution in [0.25, 0.3) is 0 Å². The van der Waals surface area contributed by atoms with E-state index in [1.165, 1.54) is 4.90 Å². The first-order valence-electron chi connectivity index (χ1n) is 7.65. The molecule has 2 amide bonds. The standard InChI is InChI=1S/C14H25N3O3S/c1-3-5-12-17(11(9-21-12)13(18)19)14(20)15-8-10-6-4-7-16(10)2/h10-12H,3-9H2,1-2H3,(H,15,20)(H,18,19). The molecule has 21 heavy (non-hydrogen) atoms. The van der Waals surface area contributed by atoms with Crippen molar-refractivity contribution in [1.82, 2.24) is 15.1 Å².